The number of ether oxygens (including phenoxy) is 1. The Morgan fingerprint density at radius 2 is 2.21 bits per heavy atom. The van der Waals surface area contributed by atoms with E-state index in [9.17, 15) is 13.2 Å². The van der Waals surface area contributed by atoms with E-state index in [1.54, 1.807) is 0 Å². The fraction of sp³-hybridized carbons (Fsp3) is 0.500. The summed E-state index contributed by atoms with van der Waals surface area (Å²) in [6.45, 7) is 0.471. The fourth-order valence-corrected chi connectivity index (χ4v) is 4.05. The van der Waals surface area contributed by atoms with Crippen molar-refractivity contribution in [2.75, 3.05) is 33.9 Å². The molecule has 0 radical (unpaired) electrons. The molecule has 1 amide bonds. The summed E-state index contributed by atoms with van der Waals surface area (Å²) in [5, 5.41) is 2.55. The van der Waals surface area contributed by atoms with Gasteiger partial charge in [0.1, 0.15) is 4.21 Å². The molecule has 9 heteroatoms. The maximum atomic E-state index is 12.1. The van der Waals surface area contributed by atoms with E-state index in [0.717, 1.165) is 15.6 Å². The van der Waals surface area contributed by atoms with Gasteiger partial charge in [-0.15, -0.1) is 11.3 Å². The van der Waals surface area contributed by atoms with Gasteiger partial charge in [0.15, 0.2) is 0 Å². The van der Waals surface area contributed by atoms with E-state index in [-0.39, 0.29) is 16.7 Å². The summed E-state index contributed by atoms with van der Waals surface area (Å²) in [5.41, 5.74) is 0. The Kier molecular flexibility index (Phi) is 6.21. The monoisotopic (exact) mass is 326 g/mol. The second-order valence-corrected chi connectivity index (χ2v) is 7.65. The minimum Gasteiger partial charge on any atom is -0.383 e. The molecule has 1 rings (SSSR count). The molecule has 0 aromatic carbocycles. The maximum absolute atomic E-state index is 12.1. The summed E-state index contributed by atoms with van der Waals surface area (Å²) >= 11 is 6.66. The molecule has 0 fully saturated rings. The third-order valence-corrected chi connectivity index (χ3v) is 5.71. The molecule has 0 aliphatic heterocycles. The Morgan fingerprint density at radius 1 is 1.53 bits per heavy atom. The van der Waals surface area contributed by atoms with Crippen molar-refractivity contribution in [3.8, 4) is 0 Å². The van der Waals surface area contributed by atoms with Gasteiger partial charge in [-0.25, -0.2) is 8.42 Å². The summed E-state index contributed by atoms with van der Waals surface area (Å²) in [7, 11) is -0.805. The van der Waals surface area contributed by atoms with Gasteiger partial charge >= 0.3 is 0 Å². The first-order valence-electron chi connectivity index (χ1n) is 5.35. The highest BCUT2D eigenvalue weighted by Crippen LogP contribution is 2.27. The number of amides is 1. The van der Waals surface area contributed by atoms with Crippen molar-refractivity contribution >= 4 is 38.9 Å². The highest BCUT2D eigenvalue weighted by atomic mass is 35.5. The van der Waals surface area contributed by atoms with Crippen LogP contribution in [0.2, 0.25) is 4.34 Å². The highest BCUT2D eigenvalue weighted by Gasteiger charge is 2.24. The zero-order valence-electron chi connectivity index (χ0n) is 10.6. The Balaban J connectivity index is 2.62. The number of carbonyl (C=O) groups is 1. The van der Waals surface area contributed by atoms with Gasteiger partial charge in [0.2, 0.25) is 5.91 Å². The average Bonchev–Trinajstić information content (AvgIpc) is 2.76. The van der Waals surface area contributed by atoms with Crippen LogP contribution in [0.15, 0.2) is 16.3 Å². The van der Waals surface area contributed by atoms with Gasteiger partial charge in [0.05, 0.1) is 17.5 Å². The molecule has 0 aliphatic rings. The molecule has 0 saturated carbocycles. The average molecular weight is 327 g/mol. The van der Waals surface area contributed by atoms with Crippen LogP contribution in [0.4, 0.5) is 0 Å². The number of carbonyl (C=O) groups excluding carboxylic acids is 1. The van der Waals surface area contributed by atoms with Crippen LogP contribution in [0.5, 0.6) is 0 Å². The molecule has 1 aromatic rings. The quantitative estimate of drug-likeness (QED) is 0.751. The van der Waals surface area contributed by atoms with E-state index in [4.69, 9.17) is 16.3 Å². The minimum absolute atomic E-state index is 0.115. The van der Waals surface area contributed by atoms with Gasteiger partial charge < -0.3 is 10.1 Å². The van der Waals surface area contributed by atoms with E-state index in [2.05, 4.69) is 5.32 Å². The molecule has 1 N–H and O–H groups in total. The Morgan fingerprint density at radius 3 is 2.74 bits per heavy atom. The van der Waals surface area contributed by atoms with Gasteiger partial charge in [-0.2, -0.15) is 4.31 Å². The summed E-state index contributed by atoms with van der Waals surface area (Å²) in [4.78, 5) is 11.5. The smallest absolute Gasteiger partial charge is 0.252 e. The van der Waals surface area contributed by atoms with Crippen LogP contribution >= 0.6 is 22.9 Å². The number of thiophene rings is 1. The first-order valence-corrected chi connectivity index (χ1v) is 7.98. The molecule has 1 heterocycles. The molecule has 108 valence electrons. The molecular formula is C10H15ClN2O4S2. The number of nitrogens with zero attached hydrogens (tertiary/aromatic N) is 1. The first kappa shape index (κ1) is 16.4. The molecule has 0 saturated heterocycles. The highest BCUT2D eigenvalue weighted by molar-refractivity contribution is 7.91. The van der Waals surface area contributed by atoms with E-state index in [0.29, 0.717) is 17.5 Å². The topological polar surface area (TPSA) is 75.7 Å². The fourth-order valence-electron chi connectivity index (χ4n) is 1.23. The summed E-state index contributed by atoms with van der Waals surface area (Å²) in [6, 6.07) is 2.92. The van der Waals surface area contributed by atoms with E-state index in [1.165, 1.54) is 26.3 Å². The van der Waals surface area contributed by atoms with E-state index in [1.807, 2.05) is 0 Å². The molecule has 6 nitrogen and oxygen atoms in total. The zero-order valence-corrected chi connectivity index (χ0v) is 12.9. The van der Waals surface area contributed by atoms with Gasteiger partial charge in [-0.05, 0) is 12.1 Å². The van der Waals surface area contributed by atoms with Crippen LogP contribution in [-0.2, 0) is 19.6 Å². The Hall–Kier alpha value is -0.670. The van der Waals surface area contributed by atoms with Crippen LogP contribution in [-0.4, -0.2) is 52.5 Å². The molecule has 0 spiro atoms. The first-order chi connectivity index (χ1) is 8.87. The number of likely N-dealkylation sites (N-methyl/N-ethyl adjacent to an activating group) is 1. The minimum atomic E-state index is -3.67. The summed E-state index contributed by atoms with van der Waals surface area (Å²) < 4.78 is 30.4. The van der Waals surface area contributed by atoms with Crippen molar-refractivity contribution < 1.29 is 17.9 Å². The van der Waals surface area contributed by atoms with Crippen LogP contribution in [0, 0.1) is 0 Å². The lowest BCUT2D eigenvalue weighted by atomic mass is 10.5. The van der Waals surface area contributed by atoms with Gasteiger partial charge in [-0.1, -0.05) is 11.6 Å². The third kappa shape index (κ3) is 4.73. The van der Waals surface area contributed by atoms with Crippen molar-refractivity contribution in [2.45, 2.75) is 4.21 Å². The number of halogens is 1. The number of rotatable bonds is 7. The van der Waals surface area contributed by atoms with E-state index < -0.39 is 10.0 Å². The van der Waals surface area contributed by atoms with E-state index >= 15 is 0 Å². The lowest BCUT2D eigenvalue weighted by molar-refractivity contribution is -0.121. The van der Waals surface area contributed by atoms with Crippen LogP contribution in [0.3, 0.4) is 0 Å². The molecule has 0 unspecified atom stereocenters. The van der Waals surface area contributed by atoms with Crippen molar-refractivity contribution in [1.29, 1.82) is 0 Å². The van der Waals surface area contributed by atoms with Crippen molar-refractivity contribution in [2.24, 2.45) is 0 Å². The van der Waals surface area contributed by atoms with Crippen LogP contribution < -0.4 is 5.32 Å². The normalized spacial score (nSPS) is 11.8. The maximum Gasteiger partial charge on any atom is 0.252 e. The summed E-state index contributed by atoms with van der Waals surface area (Å²) in [5.74, 6) is -0.384. The van der Waals surface area contributed by atoms with Crippen molar-refractivity contribution in [1.82, 2.24) is 9.62 Å². The van der Waals surface area contributed by atoms with Gasteiger partial charge in [0.25, 0.3) is 10.0 Å². The second kappa shape index (κ2) is 7.20. The largest absolute Gasteiger partial charge is 0.383 e. The van der Waals surface area contributed by atoms with Gasteiger partial charge in [0, 0.05) is 20.7 Å². The van der Waals surface area contributed by atoms with Crippen LogP contribution in [0.1, 0.15) is 0 Å². The molecule has 0 aliphatic carbocycles. The Labute approximate surface area is 121 Å². The number of hydrogen-bond acceptors (Lipinski definition) is 5. The number of hydrogen-bond donors (Lipinski definition) is 1. The standard InChI is InChI=1S/C10H15ClN2O4S2/c1-13(7-9(14)12-5-6-17-2)19(15,16)10-4-3-8(11)18-10/h3-4H,5-7H2,1-2H3,(H,12,14). The summed E-state index contributed by atoms with van der Waals surface area (Å²) in [6.07, 6.45) is 0. The lowest BCUT2D eigenvalue weighted by Crippen LogP contribution is -2.39. The molecule has 19 heavy (non-hydrogen) atoms. The van der Waals surface area contributed by atoms with Crippen LogP contribution in [0.25, 0.3) is 0 Å². The third-order valence-electron chi connectivity index (χ3n) is 2.21. The molecule has 0 atom stereocenters. The number of nitrogens with one attached hydrogen (secondary N) is 1. The lowest BCUT2D eigenvalue weighted by Gasteiger charge is -2.15. The second-order valence-electron chi connectivity index (χ2n) is 3.66. The van der Waals surface area contributed by atoms with Gasteiger partial charge in [-0.3, -0.25) is 4.79 Å². The zero-order chi connectivity index (χ0) is 14.5. The van der Waals surface area contributed by atoms with Crippen molar-refractivity contribution in [3.05, 3.63) is 16.5 Å². The number of sulfonamides is 1. The molecular weight excluding hydrogens is 312 g/mol. The predicted molar refractivity (Wildman–Crippen MR) is 74.0 cm³/mol. The number of methoxy groups -OCH3 is 1. The Bertz CT molecular complexity index is 529. The predicted octanol–water partition coefficient (Wildman–Crippen LogP) is 0.785. The SMILES string of the molecule is COCCNC(=O)CN(C)S(=O)(=O)c1ccc(Cl)s1. The molecule has 0 bridgehead atoms. The molecule has 1 aromatic heterocycles. The van der Waals surface area contributed by atoms with Crippen molar-refractivity contribution in [3.63, 3.8) is 0 Å².